The molecule has 0 heterocycles. The van der Waals surface area contributed by atoms with Gasteiger partial charge in [0.25, 0.3) is 0 Å². The van der Waals surface area contributed by atoms with Gasteiger partial charge in [-0.05, 0) is 67.3 Å². The predicted octanol–water partition coefficient (Wildman–Crippen LogP) is 3.73. The van der Waals surface area contributed by atoms with Crippen LogP contribution in [0.4, 0.5) is 4.79 Å². The number of likely N-dealkylation sites (N-methyl/N-ethyl adjacent to an activating group) is 2. The first-order chi connectivity index (χ1) is 15.4. The van der Waals surface area contributed by atoms with Gasteiger partial charge in [-0.1, -0.05) is 38.5 Å². The lowest BCUT2D eigenvalue weighted by atomic mass is 9.95. The number of amides is 3. The molecule has 0 aromatic rings. The fourth-order valence-corrected chi connectivity index (χ4v) is 3.94. The topological polar surface area (TPSA) is 99.8 Å². The van der Waals surface area contributed by atoms with Gasteiger partial charge < -0.3 is 20.7 Å². The van der Waals surface area contributed by atoms with Crippen molar-refractivity contribution in [2.45, 2.75) is 129 Å². The number of nitrogens with one attached hydrogen (secondary N) is 3. The highest BCUT2D eigenvalue weighted by Crippen LogP contribution is 2.18. The Morgan fingerprint density at radius 3 is 1.64 bits per heavy atom. The molecule has 8 nitrogen and oxygen atoms in total. The lowest BCUT2D eigenvalue weighted by Gasteiger charge is -2.30. The van der Waals surface area contributed by atoms with Crippen LogP contribution < -0.4 is 16.0 Å². The SMILES string of the molecule is CC(C(=O)NC1CCCCC1)N(C)C(=O)OC(C)(C)C.CNC(C)C(=O)NC1CCCCC1. The van der Waals surface area contributed by atoms with Gasteiger partial charge in [0.15, 0.2) is 0 Å². The highest BCUT2D eigenvalue weighted by atomic mass is 16.6. The average Bonchev–Trinajstić information content (AvgIpc) is 2.78. The van der Waals surface area contributed by atoms with Crippen LogP contribution in [0.5, 0.6) is 0 Å². The van der Waals surface area contributed by atoms with E-state index in [4.69, 9.17) is 4.74 Å². The van der Waals surface area contributed by atoms with E-state index in [1.807, 2.05) is 34.7 Å². The quantitative estimate of drug-likeness (QED) is 0.551. The molecule has 0 bridgehead atoms. The van der Waals surface area contributed by atoms with Crippen molar-refractivity contribution >= 4 is 17.9 Å². The van der Waals surface area contributed by atoms with Gasteiger partial charge in [-0.3, -0.25) is 14.5 Å². The molecule has 2 fully saturated rings. The first-order valence-electron chi connectivity index (χ1n) is 12.7. The zero-order chi connectivity index (χ0) is 25.0. The Morgan fingerprint density at radius 2 is 1.24 bits per heavy atom. The van der Waals surface area contributed by atoms with Crippen LogP contribution in [-0.4, -0.2) is 66.7 Å². The van der Waals surface area contributed by atoms with E-state index in [0.29, 0.717) is 6.04 Å². The Balaban J connectivity index is 0.000000361. The first-order valence-corrected chi connectivity index (χ1v) is 12.7. The third kappa shape index (κ3) is 11.7. The molecule has 2 atom stereocenters. The lowest BCUT2D eigenvalue weighted by Crippen LogP contribution is -2.50. The van der Waals surface area contributed by atoms with E-state index >= 15 is 0 Å². The minimum absolute atomic E-state index is 0.0677. The van der Waals surface area contributed by atoms with Crippen LogP contribution in [0.15, 0.2) is 0 Å². The zero-order valence-corrected chi connectivity index (χ0v) is 22.0. The maximum Gasteiger partial charge on any atom is 0.410 e. The van der Waals surface area contributed by atoms with E-state index in [1.54, 1.807) is 14.0 Å². The average molecular weight is 469 g/mol. The van der Waals surface area contributed by atoms with Crippen molar-refractivity contribution in [2.75, 3.05) is 14.1 Å². The van der Waals surface area contributed by atoms with Crippen molar-refractivity contribution in [3.63, 3.8) is 0 Å². The fourth-order valence-electron chi connectivity index (χ4n) is 3.94. The number of rotatable bonds is 6. The molecule has 0 aromatic carbocycles. The number of carbonyl (C=O) groups excluding carboxylic acids is 3. The molecule has 3 amide bonds. The molecular weight excluding hydrogens is 420 g/mol. The van der Waals surface area contributed by atoms with Crippen molar-refractivity contribution in [3.05, 3.63) is 0 Å². The molecule has 2 unspecified atom stereocenters. The van der Waals surface area contributed by atoms with E-state index in [1.165, 1.54) is 43.4 Å². The van der Waals surface area contributed by atoms with Crippen molar-refractivity contribution in [3.8, 4) is 0 Å². The number of carbonyl (C=O) groups is 3. The van der Waals surface area contributed by atoms with E-state index in [9.17, 15) is 14.4 Å². The minimum Gasteiger partial charge on any atom is -0.444 e. The summed E-state index contributed by atoms with van der Waals surface area (Å²) in [5, 5.41) is 9.04. The molecule has 192 valence electrons. The fraction of sp³-hybridized carbons (Fsp3) is 0.880. The maximum absolute atomic E-state index is 12.2. The van der Waals surface area contributed by atoms with E-state index in [0.717, 1.165) is 25.7 Å². The van der Waals surface area contributed by atoms with Crippen LogP contribution >= 0.6 is 0 Å². The second-order valence-electron chi connectivity index (χ2n) is 10.5. The highest BCUT2D eigenvalue weighted by molar-refractivity contribution is 5.85. The maximum atomic E-state index is 12.2. The van der Waals surface area contributed by atoms with Crippen LogP contribution in [0.25, 0.3) is 0 Å². The molecule has 2 saturated carbocycles. The van der Waals surface area contributed by atoms with Gasteiger partial charge in [-0.15, -0.1) is 0 Å². The standard InChI is InChI=1S/C15H28N2O3.C10H20N2O/c1-11(17(5)14(19)20-15(2,3)4)13(18)16-12-9-7-6-8-10-12;1-8(11-2)10(13)12-9-6-4-3-5-7-9/h11-12H,6-10H2,1-5H3,(H,16,18);8-9,11H,3-7H2,1-2H3,(H,12,13). The number of nitrogens with zero attached hydrogens (tertiary/aromatic N) is 1. The van der Waals surface area contributed by atoms with Gasteiger partial charge in [-0.25, -0.2) is 4.79 Å². The molecule has 8 heteroatoms. The minimum atomic E-state index is -0.551. The summed E-state index contributed by atoms with van der Waals surface area (Å²) >= 11 is 0. The second kappa shape index (κ2) is 14.4. The molecule has 2 rings (SSSR count). The van der Waals surface area contributed by atoms with Crippen molar-refractivity contribution < 1.29 is 19.1 Å². The molecule has 33 heavy (non-hydrogen) atoms. The number of hydrogen-bond donors (Lipinski definition) is 3. The third-order valence-electron chi connectivity index (χ3n) is 6.37. The molecule has 0 spiro atoms. The monoisotopic (exact) mass is 468 g/mol. The van der Waals surface area contributed by atoms with Gasteiger partial charge in [0, 0.05) is 19.1 Å². The Labute approximate surface area is 200 Å². The molecular formula is C25H48N4O4. The summed E-state index contributed by atoms with van der Waals surface area (Å²) in [5.41, 5.74) is -0.551. The van der Waals surface area contributed by atoms with Crippen molar-refractivity contribution in [1.82, 2.24) is 20.9 Å². The molecule has 0 saturated heterocycles. The number of hydrogen-bond acceptors (Lipinski definition) is 5. The van der Waals surface area contributed by atoms with Gasteiger partial charge in [0.05, 0.1) is 6.04 Å². The largest absolute Gasteiger partial charge is 0.444 e. The normalized spacial score (nSPS) is 19.4. The summed E-state index contributed by atoms with van der Waals surface area (Å²) in [6, 6.07) is 0.0940. The summed E-state index contributed by atoms with van der Waals surface area (Å²) in [7, 11) is 3.41. The molecule has 3 N–H and O–H groups in total. The predicted molar refractivity (Wildman–Crippen MR) is 132 cm³/mol. The van der Waals surface area contributed by atoms with E-state index in [-0.39, 0.29) is 23.9 Å². The van der Waals surface area contributed by atoms with Crippen LogP contribution in [0.1, 0.15) is 98.8 Å². The van der Waals surface area contributed by atoms with Gasteiger partial charge >= 0.3 is 6.09 Å². The van der Waals surface area contributed by atoms with E-state index in [2.05, 4.69) is 16.0 Å². The lowest BCUT2D eigenvalue weighted by molar-refractivity contribution is -0.126. The van der Waals surface area contributed by atoms with Crippen LogP contribution in [0.3, 0.4) is 0 Å². The van der Waals surface area contributed by atoms with Crippen molar-refractivity contribution in [1.29, 1.82) is 0 Å². The smallest absolute Gasteiger partial charge is 0.410 e. The Kier molecular flexibility index (Phi) is 12.8. The summed E-state index contributed by atoms with van der Waals surface area (Å²) in [6.07, 6.45) is 11.4. The zero-order valence-electron chi connectivity index (χ0n) is 22.0. The summed E-state index contributed by atoms with van der Waals surface area (Å²) < 4.78 is 5.27. The van der Waals surface area contributed by atoms with Crippen LogP contribution in [0, 0.1) is 0 Å². The first kappa shape index (κ1) is 29.2. The third-order valence-corrected chi connectivity index (χ3v) is 6.37. The Morgan fingerprint density at radius 1 is 0.818 bits per heavy atom. The molecule has 2 aliphatic carbocycles. The van der Waals surface area contributed by atoms with Crippen LogP contribution in [-0.2, 0) is 14.3 Å². The van der Waals surface area contributed by atoms with Gasteiger partial charge in [-0.2, -0.15) is 0 Å². The van der Waals surface area contributed by atoms with E-state index < -0.39 is 17.7 Å². The summed E-state index contributed by atoms with van der Waals surface area (Å²) in [5.74, 6) is 0.0275. The Hall–Kier alpha value is -1.83. The molecule has 0 aromatic heterocycles. The second-order valence-corrected chi connectivity index (χ2v) is 10.5. The summed E-state index contributed by atoms with van der Waals surface area (Å²) in [4.78, 5) is 36.9. The molecule has 2 aliphatic rings. The van der Waals surface area contributed by atoms with Crippen molar-refractivity contribution in [2.24, 2.45) is 0 Å². The number of ether oxygens (including phenoxy) is 1. The van der Waals surface area contributed by atoms with Gasteiger partial charge in [0.2, 0.25) is 11.8 Å². The molecule has 0 aliphatic heterocycles. The summed E-state index contributed by atoms with van der Waals surface area (Å²) in [6.45, 7) is 9.04. The van der Waals surface area contributed by atoms with Gasteiger partial charge in [0.1, 0.15) is 11.6 Å². The highest BCUT2D eigenvalue weighted by Gasteiger charge is 2.28. The Bertz CT molecular complexity index is 608. The van der Waals surface area contributed by atoms with Crippen LogP contribution in [0.2, 0.25) is 0 Å². The molecule has 0 radical (unpaired) electrons.